The summed E-state index contributed by atoms with van der Waals surface area (Å²) in [5, 5.41) is 11.0. The number of guanidine groups is 1. The normalized spacial score (nSPS) is 11.7. The number of aliphatic imine (C=N–C) groups is 1. The van der Waals surface area contributed by atoms with Crippen LogP contribution < -0.4 is 11.5 Å². The lowest BCUT2D eigenvalue weighted by molar-refractivity contribution is 1.12. The Morgan fingerprint density at radius 3 is 3.07 bits per heavy atom. The average molecular weight is 241 g/mol. The molecule has 1 rings (SSSR count). The fourth-order valence-electron chi connectivity index (χ4n) is 0.914. The molecule has 0 radical (unpaired) electrons. The summed E-state index contributed by atoms with van der Waals surface area (Å²) in [7, 11) is 0. The number of thioether (sulfide) groups is 1. The van der Waals surface area contributed by atoms with Gasteiger partial charge in [-0.1, -0.05) is 6.92 Å². The Morgan fingerprint density at radius 2 is 2.53 bits per heavy atom. The largest absolute Gasteiger partial charge is 0.370 e. The highest BCUT2D eigenvalue weighted by Crippen LogP contribution is 2.31. The predicted molar refractivity (Wildman–Crippen MR) is 64.1 cm³/mol. The van der Waals surface area contributed by atoms with Crippen molar-refractivity contribution in [3.8, 4) is 6.07 Å². The average Bonchev–Trinajstić information content (AvgIpc) is 2.61. The molecule has 1 unspecified atom stereocenters. The molecule has 0 saturated heterocycles. The predicted octanol–water partition coefficient (Wildman–Crippen LogP) is 1.37. The summed E-state index contributed by atoms with van der Waals surface area (Å²) in [5.41, 5.74) is 11.2. The molecule has 5 nitrogen and oxygen atoms in total. The van der Waals surface area contributed by atoms with E-state index in [1.165, 1.54) is 23.1 Å². The molecule has 4 N–H and O–H groups in total. The van der Waals surface area contributed by atoms with Crippen molar-refractivity contribution in [1.29, 1.82) is 5.26 Å². The van der Waals surface area contributed by atoms with Crippen LogP contribution in [0.25, 0.3) is 0 Å². The van der Waals surface area contributed by atoms with Crippen LogP contribution in [-0.4, -0.2) is 16.7 Å². The van der Waals surface area contributed by atoms with Gasteiger partial charge in [-0.3, -0.25) is 0 Å². The summed E-state index contributed by atoms with van der Waals surface area (Å²) in [4.78, 5) is 7.99. The van der Waals surface area contributed by atoms with Gasteiger partial charge in [0.1, 0.15) is 5.25 Å². The summed E-state index contributed by atoms with van der Waals surface area (Å²) >= 11 is 2.86. The van der Waals surface area contributed by atoms with Crippen LogP contribution in [0.2, 0.25) is 0 Å². The second-order valence-corrected chi connectivity index (χ2v) is 4.77. The molecule has 1 aromatic rings. The maximum Gasteiger partial charge on any atom is 0.212 e. The van der Waals surface area contributed by atoms with E-state index in [9.17, 15) is 0 Å². The summed E-state index contributed by atoms with van der Waals surface area (Å²) < 4.78 is 0. The third-order valence-corrected chi connectivity index (χ3v) is 3.22. The number of nitriles is 1. The molecule has 0 aliphatic heterocycles. The van der Waals surface area contributed by atoms with Gasteiger partial charge in [0.2, 0.25) is 5.13 Å². The molecule has 0 saturated carbocycles. The van der Waals surface area contributed by atoms with Gasteiger partial charge in [0.05, 0.1) is 11.8 Å². The van der Waals surface area contributed by atoms with Crippen LogP contribution in [0.5, 0.6) is 0 Å². The SMILES string of the molecule is CCSC(C#N)c1csc(N=C(N)N)n1. The molecule has 0 bridgehead atoms. The smallest absolute Gasteiger partial charge is 0.212 e. The standard InChI is InChI=1S/C8H11N5S2/c1-2-14-6(3-9)5-4-15-8(12-5)13-7(10)11/h4,6H,2H2,1H3,(H4,10,11,12,13). The van der Waals surface area contributed by atoms with Crippen molar-refractivity contribution in [3.05, 3.63) is 11.1 Å². The van der Waals surface area contributed by atoms with Crippen LogP contribution >= 0.6 is 23.1 Å². The molecule has 7 heteroatoms. The van der Waals surface area contributed by atoms with Crippen molar-refractivity contribution in [2.24, 2.45) is 16.5 Å². The fraction of sp³-hybridized carbons (Fsp3) is 0.375. The van der Waals surface area contributed by atoms with E-state index in [-0.39, 0.29) is 11.2 Å². The Balaban J connectivity index is 2.83. The Bertz CT molecular complexity index is 388. The summed E-state index contributed by atoms with van der Waals surface area (Å²) in [6.07, 6.45) is 0. The first-order valence-electron chi connectivity index (χ1n) is 4.23. The molecular weight excluding hydrogens is 230 g/mol. The first-order valence-corrected chi connectivity index (χ1v) is 6.16. The van der Waals surface area contributed by atoms with Gasteiger partial charge in [-0.15, -0.1) is 23.1 Å². The van der Waals surface area contributed by atoms with Crippen molar-refractivity contribution in [2.45, 2.75) is 12.2 Å². The highest BCUT2D eigenvalue weighted by atomic mass is 32.2. The van der Waals surface area contributed by atoms with Crippen LogP contribution in [0, 0.1) is 11.3 Å². The Kier molecular flexibility index (Phi) is 4.39. The van der Waals surface area contributed by atoms with Crippen molar-refractivity contribution in [3.63, 3.8) is 0 Å². The van der Waals surface area contributed by atoms with Crippen LogP contribution in [0.3, 0.4) is 0 Å². The van der Waals surface area contributed by atoms with Gasteiger partial charge in [-0.2, -0.15) is 10.3 Å². The van der Waals surface area contributed by atoms with Crippen LogP contribution in [-0.2, 0) is 0 Å². The molecule has 80 valence electrons. The summed E-state index contributed by atoms with van der Waals surface area (Å²) in [6, 6.07) is 2.18. The molecule has 0 fully saturated rings. The van der Waals surface area contributed by atoms with E-state index in [1.807, 2.05) is 6.92 Å². The minimum Gasteiger partial charge on any atom is -0.370 e. The molecule has 0 spiro atoms. The number of nitrogens with two attached hydrogens (primary N) is 2. The van der Waals surface area contributed by atoms with Gasteiger partial charge in [-0.25, -0.2) is 4.98 Å². The number of hydrogen-bond acceptors (Lipinski definition) is 5. The zero-order chi connectivity index (χ0) is 11.3. The number of rotatable bonds is 4. The van der Waals surface area contributed by atoms with Crippen LogP contribution in [0.15, 0.2) is 10.4 Å². The summed E-state index contributed by atoms with van der Waals surface area (Å²) in [5.74, 6) is 0.848. The van der Waals surface area contributed by atoms with Gasteiger partial charge in [0.15, 0.2) is 5.96 Å². The summed E-state index contributed by atoms with van der Waals surface area (Å²) in [6.45, 7) is 2.00. The van der Waals surface area contributed by atoms with E-state index < -0.39 is 0 Å². The van der Waals surface area contributed by atoms with Gasteiger partial charge in [0, 0.05) is 5.38 Å². The molecule has 1 atom stereocenters. The van der Waals surface area contributed by atoms with E-state index in [1.54, 1.807) is 5.38 Å². The van der Waals surface area contributed by atoms with E-state index >= 15 is 0 Å². The molecule has 1 heterocycles. The highest BCUT2D eigenvalue weighted by molar-refractivity contribution is 7.99. The van der Waals surface area contributed by atoms with E-state index in [2.05, 4.69) is 16.0 Å². The number of nitrogens with zero attached hydrogens (tertiary/aromatic N) is 3. The third-order valence-electron chi connectivity index (χ3n) is 1.45. The third kappa shape index (κ3) is 3.42. The maximum absolute atomic E-state index is 8.91. The lowest BCUT2D eigenvalue weighted by Gasteiger charge is -2.01. The topological polar surface area (TPSA) is 101 Å². The Labute approximate surface area is 96.2 Å². The number of thiazole rings is 1. The number of aromatic nitrogens is 1. The van der Waals surface area contributed by atoms with Crippen molar-refractivity contribution in [1.82, 2.24) is 4.98 Å². The van der Waals surface area contributed by atoms with Crippen molar-refractivity contribution in [2.75, 3.05) is 5.75 Å². The second-order valence-electron chi connectivity index (χ2n) is 2.56. The van der Waals surface area contributed by atoms with Crippen LogP contribution in [0.4, 0.5) is 5.13 Å². The minimum atomic E-state index is -0.241. The molecule has 15 heavy (non-hydrogen) atoms. The monoisotopic (exact) mass is 241 g/mol. The van der Waals surface area contributed by atoms with Crippen LogP contribution in [0.1, 0.15) is 17.9 Å². The quantitative estimate of drug-likeness (QED) is 0.612. The minimum absolute atomic E-state index is 0.0208. The van der Waals surface area contributed by atoms with E-state index in [4.69, 9.17) is 16.7 Å². The fourth-order valence-corrected chi connectivity index (χ4v) is 2.43. The van der Waals surface area contributed by atoms with E-state index in [0.29, 0.717) is 10.8 Å². The zero-order valence-electron chi connectivity index (χ0n) is 8.17. The van der Waals surface area contributed by atoms with E-state index in [0.717, 1.165) is 5.75 Å². The van der Waals surface area contributed by atoms with Gasteiger partial charge in [0.25, 0.3) is 0 Å². The van der Waals surface area contributed by atoms with Gasteiger partial charge < -0.3 is 11.5 Å². The second kappa shape index (κ2) is 5.58. The lowest BCUT2D eigenvalue weighted by atomic mass is 10.4. The molecular formula is C8H11N5S2. The van der Waals surface area contributed by atoms with Gasteiger partial charge >= 0.3 is 0 Å². The molecule has 0 amide bonds. The molecule has 0 aliphatic carbocycles. The van der Waals surface area contributed by atoms with Crippen molar-refractivity contribution < 1.29 is 0 Å². The molecule has 1 aromatic heterocycles. The Hall–Kier alpha value is -1.26. The lowest BCUT2D eigenvalue weighted by Crippen LogP contribution is -2.21. The molecule has 0 aliphatic rings. The molecule has 0 aromatic carbocycles. The van der Waals surface area contributed by atoms with Crippen molar-refractivity contribution >= 4 is 34.2 Å². The first-order chi connectivity index (χ1) is 7.17. The highest BCUT2D eigenvalue weighted by Gasteiger charge is 2.13. The maximum atomic E-state index is 8.91. The van der Waals surface area contributed by atoms with Gasteiger partial charge in [-0.05, 0) is 5.75 Å². The number of hydrogen-bond donors (Lipinski definition) is 2. The first kappa shape index (κ1) is 11.8. The Morgan fingerprint density at radius 1 is 1.80 bits per heavy atom. The zero-order valence-corrected chi connectivity index (χ0v) is 9.81.